The maximum atomic E-state index is 11.8. The van der Waals surface area contributed by atoms with Crippen molar-refractivity contribution in [2.75, 3.05) is 6.54 Å². The van der Waals surface area contributed by atoms with Gasteiger partial charge in [-0.1, -0.05) is 18.2 Å². The summed E-state index contributed by atoms with van der Waals surface area (Å²) in [6.45, 7) is 2.44. The molecule has 0 saturated heterocycles. The molecule has 0 fully saturated rings. The number of aromatic nitrogens is 1. The van der Waals surface area contributed by atoms with Gasteiger partial charge in [0.15, 0.2) is 0 Å². The topological polar surface area (TPSA) is 62.2 Å². The van der Waals surface area contributed by atoms with Crippen LogP contribution in [0.25, 0.3) is 5.57 Å². The van der Waals surface area contributed by atoms with Crippen molar-refractivity contribution in [2.24, 2.45) is 0 Å². The van der Waals surface area contributed by atoms with E-state index in [4.69, 9.17) is 0 Å². The fraction of sp³-hybridized carbons (Fsp3) is 0.176. The lowest BCUT2D eigenvalue weighted by atomic mass is 10.1. The summed E-state index contributed by atoms with van der Waals surface area (Å²) in [5, 5.41) is 12.0. The number of hydrogen-bond acceptors (Lipinski definition) is 3. The van der Waals surface area contributed by atoms with Gasteiger partial charge in [0.2, 0.25) is 5.91 Å². The second-order valence-corrected chi connectivity index (χ2v) is 4.78. The van der Waals surface area contributed by atoms with Crippen molar-refractivity contribution in [3.05, 3.63) is 66.0 Å². The second kappa shape index (κ2) is 7.24. The first kappa shape index (κ1) is 14.8. The predicted octanol–water partition coefficient (Wildman–Crippen LogP) is 2.55. The average Bonchev–Trinajstić information content (AvgIpc) is 2.50. The molecule has 2 N–H and O–H groups in total. The van der Waals surface area contributed by atoms with Crippen LogP contribution in [0.2, 0.25) is 0 Å². The van der Waals surface area contributed by atoms with E-state index in [0.29, 0.717) is 6.54 Å². The van der Waals surface area contributed by atoms with Crippen molar-refractivity contribution in [2.45, 2.75) is 13.3 Å². The van der Waals surface area contributed by atoms with Crippen LogP contribution in [0.15, 0.2) is 54.9 Å². The van der Waals surface area contributed by atoms with Crippen LogP contribution in [0.4, 0.5) is 0 Å². The number of nitrogens with zero attached hydrogens (tertiary/aromatic N) is 1. The van der Waals surface area contributed by atoms with Crippen LogP contribution in [0.1, 0.15) is 18.1 Å². The van der Waals surface area contributed by atoms with Gasteiger partial charge in [0.25, 0.3) is 0 Å². The molecule has 0 radical (unpaired) electrons. The molecule has 1 heterocycles. The van der Waals surface area contributed by atoms with Crippen LogP contribution in [-0.4, -0.2) is 22.5 Å². The molecule has 1 aromatic carbocycles. The van der Waals surface area contributed by atoms with Crippen molar-refractivity contribution >= 4 is 11.5 Å². The van der Waals surface area contributed by atoms with Crippen LogP contribution in [0.3, 0.4) is 0 Å². The molecule has 0 bridgehead atoms. The standard InChI is InChI=1S/C17H18N2O2/c1-13(15-3-2-9-18-12-15)11-17(21)19-10-8-14-4-6-16(20)7-5-14/h2-7,9,11-12,20H,8,10H2,1H3,(H,19,21). The molecule has 0 atom stereocenters. The van der Waals surface area contributed by atoms with Gasteiger partial charge >= 0.3 is 0 Å². The van der Waals surface area contributed by atoms with Crippen LogP contribution in [0.5, 0.6) is 5.75 Å². The fourth-order valence-electron chi connectivity index (χ4n) is 1.92. The van der Waals surface area contributed by atoms with Gasteiger partial charge in [-0.15, -0.1) is 0 Å². The number of phenolic OH excluding ortho intramolecular Hbond substituents is 1. The van der Waals surface area contributed by atoms with Crippen LogP contribution in [-0.2, 0) is 11.2 Å². The first-order valence-corrected chi connectivity index (χ1v) is 6.79. The Morgan fingerprint density at radius 3 is 2.71 bits per heavy atom. The molecule has 21 heavy (non-hydrogen) atoms. The molecule has 0 saturated carbocycles. The minimum Gasteiger partial charge on any atom is -0.508 e. The Balaban J connectivity index is 1.83. The van der Waals surface area contributed by atoms with E-state index in [-0.39, 0.29) is 11.7 Å². The first-order valence-electron chi connectivity index (χ1n) is 6.79. The Bertz CT molecular complexity index is 619. The minimum atomic E-state index is -0.116. The summed E-state index contributed by atoms with van der Waals surface area (Å²) in [6.07, 6.45) is 5.74. The van der Waals surface area contributed by atoms with Gasteiger partial charge in [-0.05, 0) is 48.2 Å². The van der Waals surface area contributed by atoms with Gasteiger partial charge in [-0.2, -0.15) is 0 Å². The number of nitrogens with one attached hydrogen (secondary N) is 1. The molecule has 2 aromatic rings. The Labute approximate surface area is 124 Å². The van der Waals surface area contributed by atoms with E-state index in [1.807, 2.05) is 31.2 Å². The van der Waals surface area contributed by atoms with Crippen LogP contribution in [0, 0.1) is 0 Å². The lowest BCUT2D eigenvalue weighted by Gasteiger charge is -2.04. The molecule has 1 amide bonds. The van der Waals surface area contributed by atoms with Crippen molar-refractivity contribution in [1.82, 2.24) is 10.3 Å². The Hall–Kier alpha value is -2.62. The van der Waals surface area contributed by atoms with E-state index < -0.39 is 0 Å². The van der Waals surface area contributed by atoms with E-state index in [1.165, 1.54) is 0 Å². The molecule has 1 aromatic heterocycles. The average molecular weight is 282 g/mol. The highest BCUT2D eigenvalue weighted by atomic mass is 16.3. The number of carbonyl (C=O) groups excluding carboxylic acids is 1. The van der Waals surface area contributed by atoms with Crippen molar-refractivity contribution in [3.8, 4) is 5.75 Å². The van der Waals surface area contributed by atoms with E-state index in [9.17, 15) is 9.90 Å². The van der Waals surface area contributed by atoms with Crippen LogP contribution >= 0.6 is 0 Å². The third kappa shape index (κ3) is 4.76. The number of aromatic hydroxyl groups is 1. The van der Waals surface area contributed by atoms with Crippen molar-refractivity contribution in [1.29, 1.82) is 0 Å². The molecule has 0 unspecified atom stereocenters. The van der Waals surface area contributed by atoms with E-state index in [0.717, 1.165) is 23.1 Å². The zero-order valence-electron chi connectivity index (χ0n) is 11.9. The number of phenols is 1. The van der Waals surface area contributed by atoms with Gasteiger partial charge in [-0.25, -0.2) is 0 Å². The molecule has 0 aliphatic carbocycles. The molecule has 4 nitrogen and oxygen atoms in total. The van der Waals surface area contributed by atoms with E-state index in [1.54, 1.807) is 30.6 Å². The Morgan fingerprint density at radius 1 is 1.29 bits per heavy atom. The largest absolute Gasteiger partial charge is 0.508 e. The number of carbonyl (C=O) groups is 1. The van der Waals surface area contributed by atoms with E-state index >= 15 is 0 Å². The maximum Gasteiger partial charge on any atom is 0.244 e. The quantitative estimate of drug-likeness (QED) is 0.828. The third-order valence-corrected chi connectivity index (χ3v) is 3.11. The molecule has 2 rings (SSSR count). The number of hydrogen-bond donors (Lipinski definition) is 2. The van der Waals surface area contributed by atoms with Crippen LogP contribution < -0.4 is 5.32 Å². The van der Waals surface area contributed by atoms with Crippen molar-refractivity contribution in [3.63, 3.8) is 0 Å². The highest BCUT2D eigenvalue weighted by Crippen LogP contribution is 2.11. The fourth-order valence-corrected chi connectivity index (χ4v) is 1.92. The predicted molar refractivity (Wildman–Crippen MR) is 82.7 cm³/mol. The van der Waals surface area contributed by atoms with Gasteiger partial charge in [0.1, 0.15) is 5.75 Å². The molecular weight excluding hydrogens is 264 g/mol. The minimum absolute atomic E-state index is 0.116. The molecule has 4 heteroatoms. The summed E-state index contributed by atoms with van der Waals surface area (Å²) in [5.74, 6) is 0.132. The zero-order valence-corrected chi connectivity index (χ0v) is 11.9. The number of benzene rings is 1. The second-order valence-electron chi connectivity index (χ2n) is 4.78. The number of allylic oxidation sites excluding steroid dienone is 1. The first-order chi connectivity index (χ1) is 10.1. The lowest BCUT2D eigenvalue weighted by molar-refractivity contribution is -0.116. The van der Waals surface area contributed by atoms with Gasteiger partial charge in [-0.3, -0.25) is 9.78 Å². The Kier molecular flexibility index (Phi) is 5.10. The smallest absolute Gasteiger partial charge is 0.244 e. The van der Waals surface area contributed by atoms with E-state index in [2.05, 4.69) is 10.3 Å². The zero-order chi connectivity index (χ0) is 15.1. The molecule has 0 spiro atoms. The van der Waals surface area contributed by atoms with Gasteiger partial charge in [0, 0.05) is 25.0 Å². The molecule has 108 valence electrons. The Morgan fingerprint density at radius 2 is 2.05 bits per heavy atom. The highest BCUT2D eigenvalue weighted by molar-refractivity contribution is 5.94. The SMILES string of the molecule is CC(=CC(=O)NCCc1ccc(O)cc1)c1cccnc1. The van der Waals surface area contributed by atoms with Crippen molar-refractivity contribution < 1.29 is 9.90 Å². The van der Waals surface area contributed by atoms with Gasteiger partial charge in [0.05, 0.1) is 0 Å². The number of amides is 1. The summed E-state index contributed by atoms with van der Waals surface area (Å²) < 4.78 is 0. The number of pyridine rings is 1. The molecular formula is C17H18N2O2. The number of rotatable bonds is 5. The normalized spacial score (nSPS) is 11.2. The highest BCUT2D eigenvalue weighted by Gasteiger charge is 2.01. The summed E-state index contributed by atoms with van der Waals surface area (Å²) >= 11 is 0. The monoisotopic (exact) mass is 282 g/mol. The summed E-state index contributed by atoms with van der Waals surface area (Å²) in [7, 11) is 0. The molecule has 0 aliphatic heterocycles. The maximum absolute atomic E-state index is 11.8. The summed E-state index contributed by atoms with van der Waals surface area (Å²) in [5.41, 5.74) is 2.89. The molecule has 0 aliphatic rings. The third-order valence-electron chi connectivity index (χ3n) is 3.11. The lowest BCUT2D eigenvalue weighted by Crippen LogP contribution is -2.23. The van der Waals surface area contributed by atoms with Gasteiger partial charge < -0.3 is 10.4 Å². The summed E-state index contributed by atoms with van der Waals surface area (Å²) in [4.78, 5) is 15.9. The summed E-state index contributed by atoms with van der Waals surface area (Å²) in [6, 6.07) is 10.7.